The molecular weight excluding hydrogens is 666 g/mol. The summed E-state index contributed by atoms with van der Waals surface area (Å²) in [7, 11) is 5.41. The highest BCUT2D eigenvalue weighted by Gasteiger charge is 2.60. The van der Waals surface area contributed by atoms with E-state index in [0.717, 1.165) is 12.8 Å². The van der Waals surface area contributed by atoms with Crippen LogP contribution in [0.2, 0.25) is 0 Å². The molecular formula is C40H63N3O9. The Bertz CT molecular complexity index is 1410. The van der Waals surface area contributed by atoms with Gasteiger partial charge in [0.15, 0.2) is 11.9 Å². The van der Waals surface area contributed by atoms with E-state index in [9.17, 15) is 19.5 Å². The first-order chi connectivity index (χ1) is 24.5. The lowest BCUT2D eigenvalue weighted by atomic mass is 9.74. The number of benzene rings is 1. The summed E-state index contributed by atoms with van der Waals surface area (Å²) >= 11 is 0. The van der Waals surface area contributed by atoms with Gasteiger partial charge in [-0.15, -0.1) is 0 Å². The first kappa shape index (κ1) is 41.9. The van der Waals surface area contributed by atoms with Crippen molar-refractivity contribution in [1.29, 1.82) is 0 Å². The summed E-state index contributed by atoms with van der Waals surface area (Å²) in [6.45, 7) is 15.2. The number of aryl methyl sites for hydroxylation is 1. The lowest BCUT2D eigenvalue weighted by Gasteiger charge is -2.46. The van der Waals surface area contributed by atoms with E-state index in [-0.39, 0.29) is 24.3 Å². The minimum Gasteiger partial charge on any atom is -0.455 e. The minimum atomic E-state index is -1.33. The maximum Gasteiger partial charge on any atom is 0.425 e. The molecule has 0 bridgehead atoms. The molecule has 1 amide bonds. The zero-order valence-electron chi connectivity index (χ0n) is 33.1. The summed E-state index contributed by atoms with van der Waals surface area (Å²) in [5.74, 6) is -2.36. The van der Waals surface area contributed by atoms with Gasteiger partial charge in [0.25, 0.3) is 0 Å². The third-order valence-electron chi connectivity index (χ3n) is 11.5. The van der Waals surface area contributed by atoms with Gasteiger partial charge in [-0.2, -0.15) is 0 Å². The van der Waals surface area contributed by atoms with Crippen molar-refractivity contribution in [2.75, 3.05) is 27.7 Å². The number of rotatable bonds is 10. The van der Waals surface area contributed by atoms with Crippen LogP contribution in [-0.4, -0.2) is 115 Å². The highest BCUT2D eigenvalue weighted by Crippen LogP contribution is 2.42. The molecule has 1 aromatic carbocycles. The van der Waals surface area contributed by atoms with Crippen LogP contribution in [0.3, 0.4) is 0 Å². The van der Waals surface area contributed by atoms with Gasteiger partial charge in [0.05, 0.1) is 17.8 Å². The van der Waals surface area contributed by atoms with E-state index in [1.165, 1.54) is 10.6 Å². The van der Waals surface area contributed by atoms with Crippen molar-refractivity contribution >= 4 is 17.8 Å². The third kappa shape index (κ3) is 9.07. The van der Waals surface area contributed by atoms with Crippen LogP contribution in [0, 0.1) is 17.8 Å². The second kappa shape index (κ2) is 17.5. The fourth-order valence-corrected chi connectivity index (χ4v) is 8.57. The molecule has 1 aromatic rings. The summed E-state index contributed by atoms with van der Waals surface area (Å²) in [4.78, 5) is 44.0. The summed E-state index contributed by atoms with van der Waals surface area (Å²) in [6, 6.07) is 9.11. The van der Waals surface area contributed by atoms with E-state index < -0.39 is 71.7 Å². The monoisotopic (exact) mass is 729 g/mol. The molecule has 3 heterocycles. The maximum absolute atomic E-state index is 14.6. The largest absolute Gasteiger partial charge is 0.455 e. The molecule has 0 saturated carbocycles. The highest BCUT2D eigenvalue weighted by molar-refractivity contribution is 5.88. The Kier molecular flexibility index (Phi) is 14.1. The number of methoxy groups -OCH3 is 1. The van der Waals surface area contributed by atoms with Gasteiger partial charge in [0.1, 0.15) is 24.0 Å². The quantitative estimate of drug-likeness (QED) is 0.247. The summed E-state index contributed by atoms with van der Waals surface area (Å²) in [6.07, 6.45) is 0.259. The highest BCUT2D eigenvalue weighted by atomic mass is 16.7. The number of likely N-dealkylation sites (N-methyl/N-ethyl adjacent to an activating group) is 1. The predicted molar refractivity (Wildman–Crippen MR) is 197 cm³/mol. The van der Waals surface area contributed by atoms with Crippen LogP contribution in [0.4, 0.5) is 4.79 Å². The molecule has 12 nitrogen and oxygen atoms in total. The van der Waals surface area contributed by atoms with Crippen molar-refractivity contribution < 1.29 is 43.2 Å². The van der Waals surface area contributed by atoms with E-state index >= 15 is 0 Å². The molecule has 3 aliphatic rings. The molecule has 0 aliphatic carbocycles. The molecule has 4 rings (SSSR count). The Hall–Kier alpha value is -2.87. The van der Waals surface area contributed by atoms with Crippen LogP contribution in [0.25, 0.3) is 0 Å². The molecule has 52 heavy (non-hydrogen) atoms. The van der Waals surface area contributed by atoms with Gasteiger partial charge in [-0.05, 0) is 79.5 Å². The maximum atomic E-state index is 14.6. The second-order valence-corrected chi connectivity index (χ2v) is 15.8. The van der Waals surface area contributed by atoms with E-state index in [1.807, 2.05) is 78.7 Å². The smallest absolute Gasteiger partial charge is 0.425 e. The van der Waals surface area contributed by atoms with Gasteiger partial charge >= 0.3 is 12.1 Å². The van der Waals surface area contributed by atoms with E-state index in [2.05, 4.69) is 17.6 Å². The number of hydrazine groups is 1. The Morgan fingerprint density at radius 3 is 2.37 bits per heavy atom. The summed E-state index contributed by atoms with van der Waals surface area (Å²) < 4.78 is 31.4. The van der Waals surface area contributed by atoms with Crippen molar-refractivity contribution in [3.05, 3.63) is 47.5 Å². The summed E-state index contributed by atoms with van der Waals surface area (Å²) in [5, 5.41) is 12.8. The molecule has 3 aliphatic heterocycles. The van der Waals surface area contributed by atoms with Crippen LogP contribution >= 0.6 is 0 Å². The van der Waals surface area contributed by atoms with Crippen LogP contribution in [0.1, 0.15) is 86.6 Å². The lowest BCUT2D eigenvalue weighted by Crippen LogP contribution is -2.60. The molecule has 0 aromatic heterocycles. The number of hydrogen-bond donors (Lipinski definition) is 2. The van der Waals surface area contributed by atoms with Crippen LogP contribution in [-0.2, 0) is 39.7 Å². The number of cyclic esters (lactones) is 1. The second-order valence-electron chi connectivity index (χ2n) is 15.8. The number of ether oxygens (including phenoxy) is 5. The number of carbonyl (C=O) groups is 3. The number of aliphatic hydroxyl groups is 1. The number of amides is 1. The lowest BCUT2D eigenvalue weighted by molar-refractivity contribution is -0.294. The average molecular weight is 730 g/mol. The Morgan fingerprint density at radius 2 is 1.75 bits per heavy atom. The standard InChI is InChI=1S/C40H63N3O9/c1-12-31-40(8)34(43(38(47)52-40)41-20-16-19-29-17-14-13-15-18-29)28(6)32(44)26(4)23-39(7,48-11)35(24(2)21-25(3)36(46)50-31)51-37-33(45)30(42(9)10)22-27(5)49-37/h13-15,17-18,21,24,26-28,30-31,33-35,37,41,45H,12,16,19-20,22-23H2,1-11H3/b25-21+/t24-,26+,27+,28-,30-,31+,33+,34+,35+,37-,39-,40+/m0/s1. The van der Waals surface area contributed by atoms with Gasteiger partial charge in [-0.1, -0.05) is 64.1 Å². The molecule has 2 saturated heterocycles. The zero-order chi connectivity index (χ0) is 38.5. The Labute approximate surface area is 310 Å². The number of aliphatic hydroxyl groups excluding tert-OH is 1. The predicted octanol–water partition coefficient (Wildman–Crippen LogP) is 5.07. The van der Waals surface area contributed by atoms with Crippen molar-refractivity contribution in [3.8, 4) is 0 Å². The number of esters is 1. The number of carbonyl (C=O) groups excluding carboxylic acids is 3. The topological polar surface area (TPSA) is 136 Å². The normalized spacial score (nSPS) is 39.0. The Morgan fingerprint density at radius 1 is 1.08 bits per heavy atom. The van der Waals surface area contributed by atoms with Gasteiger partial charge in [0, 0.05) is 43.0 Å². The molecule has 0 radical (unpaired) electrons. The Balaban J connectivity index is 1.70. The minimum absolute atomic E-state index is 0.0968. The number of ketones is 1. The van der Waals surface area contributed by atoms with E-state index in [0.29, 0.717) is 25.0 Å². The number of nitrogens with one attached hydrogen (secondary N) is 1. The van der Waals surface area contributed by atoms with Gasteiger partial charge in [-0.3, -0.25) is 4.79 Å². The molecule has 12 atom stereocenters. The van der Waals surface area contributed by atoms with E-state index in [4.69, 9.17) is 23.7 Å². The van der Waals surface area contributed by atoms with Crippen molar-refractivity contribution in [3.63, 3.8) is 0 Å². The van der Waals surface area contributed by atoms with Crippen LogP contribution < -0.4 is 5.43 Å². The first-order valence-corrected chi connectivity index (χ1v) is 18.9. The average Bonchev–Trinajstić information content (AvgIpc) is 3.36. The van der Waals surface area contributed by atoms with Crippen molar-refractivity contribution in [2.45, 2.75) is 141 Å². The molecule has 2 fully saturated rings. The third-order valence-corrected chi connectivity index (χ3v) is 11.5. The SMILES string of the molecule is CC[C@H]1OC(=O)/C(C)=C/[C@H](C)[C@@H](O[C@@H]2O[C@H](C)C[C@H](N(C)C)[C@H]2O)[C@@](C)(OC)C[C@@H](C)C(=O)[C@H](C)[C@H]2N(NCCCc3ccccc3)C(=O)O[C@]12C. The number of fused-ring (bicyclic) bond motifs is 1. The zero-order valence-corrected chi connectivity index (χ0v) is 33.1. The molecule has 0 spiro atoms. The number of Topliss-reactive ketones (excluding diaryl/α,β-unsaturated/α-hetero) is 1. The summed E-state index contributed by atoms with van der Waals surface area (Å²) in [5.41, 5.74) is 2.40. The molecule has 2 N–H and O–H groups in total. The molecule has 292 valence electrons. The van der Waals surface area contributed by atoms with Gasteiger partial charge < -0.3 is 33.7 Å². The van der Waals surface area contributed by atoms with Crippen molar-refractivity contribution in [2.24, 2.45) is 17.8 Å². The van der Waals surface area contributed by atoms with Crippen LogP contribution in [0.15, 0.2) is 42.0 Å². The van der Waals surface area contributed by atoms with Gasteiger partial charge in [0.2, 0.25) is 0 Å². The molecule has 12 heteroatoms. The van der Waals surface area contributed by atoms with Crippen molar-refractivity contribution in [1.82, 2.24) is 15.3 Å². The van der Waals surface area contributed by atoms with E-state index in [1.54, 1.807) is 27.0 Å². The number of hydrogen-bond acceptors (Lipinski definition) is 11. The fraction of sp³-hybridized carbons (Fsp3) is 0.725. The number of nitrogens with zero attached hydrogens (tertiary/aromatic N) is 2. The fourth-order valence-electron chi connectivity index (χ4n) is 8.57. The molecule has 0 unspecified atom stereocenters. The van der Waals surface area contributed by atoms with Crippen LogP contribution in [0.5, 0.6) is 0 Å². The first-order valence-electron chi connectivity index (χ1n) is 18.9. The van der Waals surface area contributed by atoms with Gasteiger partial charge in [-0.25, -0.2) is 20.0 Å².